The smallest absolute Gasteiger partial charge is 0.314 e. The van der Waals surface area contributed by atoms with E-state index in [1.54, 1.807) is 11.8 Å². The first kappa shape index (κ1) is 17.1. The van der Waals surface area contributed by atoms with Gasteiger partial charge in [0.2, 0.25) is 0 Å². The highest BCUT2D eigenvalue weighted by Crippen LogP contribution is 2.19. The molecule has 0 saturated heterocycles. The minimum absolute atomic E-state index is 0.0556. The molecule has 0 aliphatic rings. The lowest BCUT2D eigenvalue weighted by molar-refractivity contribution is 0.242. The Morgan fingerprint density at radius 1 is 1.20 bits per heavy atom. The van der Waals surface area contributed by atoms with Crippen molar-refractivity contribution in [1.82, 2.24) is 10.6 Å². The van der Waals surface area contributed by atoms with Crippen molar-refractivity contribution >= 4 is 39.2 Å². The fraction of sp³-hybridized carbons (Fsp3) is 0.417. The summed E-state index contributed by atoms with van der Waals surface area (Å²) in [4.78, 5) is 12.4. The van der Waals surface area contributed by atoms with Gasteiger partial charge in [-0.2, -0.15) is 0 Å². The molecule has 0 heterocycles. The first-order chi connectivity index (χ1) is 9.37. The van der Waals surface area contributed by atoms with Crippen LogP contribution in [0.15, 0.2) is 29.2 Å². The van der Waals surface area contributed by atoms with Gasteiger partial charge in [0, 0.05) is 35.0 Å². The van der Waals surface area contributed by atoms with Crippen LogP contribution in [0.3, 0.4) is 0 Å². The van der Waals surface area contributed by atoms with Crippen LogP contribution in [0.1, 0.15) is 0 Å². The fourth-order valence-electron chi connectivity index (χ4n) is 1.28. The number of carbonyl (C=O) groups is 1. The van der Waals surface area contributed by atoms with E-state index in [4.69, 9.17) is 11.6 Å². The molecule has 1 aromatic carbocycles. The number of rotatable bonds is 7. The first-order valence-corrected chi connectivity index (χ1v) is 9.37. The lowest BCUT2D eigenvalue weighted by atomic mass is 10.4. The fourth-order valence-corrected chi connectivity index (χ4v) is 2.64. The molecule has 1 rings (SSSR count). The van der Waals surface area contributed by atoms with E-state index in [-0.39, 0.29) is 18.3 Å². The van der Waals surface area contributed by atoms with Gasteiger partial charge in [0.15, 0.2) is 0 Å². The van der Waals surface area contributed by atoms with Gasteiger partial charge in [-0.3, -0.25) is 0 Å². The Balaban J connectivity index is 2.11. The Bertz CT molecular complexity index is 532. The maximum atomic E-state index is 11.3. The van der Waals surface area contributed by atoms with Gasteiger partial charge in [-0.1, -0.05) is 11.6 Å². The Hall–Kier alpha value is -0.920. The zero-order chi connectivity index (χ0) is 15.0. The summed E-state index contributed by atoms with van der Waals surface area (Å²) in [6, 6.07) is 7.10. The third-order valence-corrected chi connectivity index (χ3v) is 4.44. The zero-order valence-corrected chi connectivity index (χ0v) is 13.4. The average Bonchev–Trinajstić information content (AvgIpc) is 2.35. The number of urea groups is 1. The zero-order valence-electron chi connectivity index (χ0n) is 11.1. The van der Waals surface area contributed by atoms with Crippen LogP contribution in [0.4, 0.5) is 4.79 Å². The van der Waals surface area contributed by atoms with E-state index in [1.807, 2.05) is 24.3 Å². The third kappa shape index (κ3) is 8.29. The SMILES string of the molecule is CS(=O)(=O)CCNC(=O)NCCSc1ccc(Cl)cc1. The van der Waals surface area contributed by atoms with Gasteiger partial charge in [-0.15, -0.1) is 11.8 Å². The quantitative estimate of drug-likeness (QED) is 0.588. The van der Waals surface area contributed by atoms with Crippen molar-refractivity contribution in [2.24, 2.45) is 0 Å². The Kier molecular flexibility index (Phi) is 7.18. The number of amides is 2. The largest absolute Gasteiger partial charge is 0.337 e. The molecular weight excluding hydrogens is 320 g/mol. The monoisotopic (exact) mass is 336 g/mol. The number of benzene rings is 1. The van der Waals surface area contributed by atoms with Crippen LogP contribution in [0, 0.1) is 0 Å². The Labute approximate surface area is 128 Å². The van der Waals surface area contributed by atoms with Crippen molar-refractivity contribution in [3.05, 3.63) is 29.3 Å². The van der Waals surface area contributed by atoms with Crippen LogP contribution in [-0.2, 0) is 9.84 Å². The predicted octanol–water partition coefficient (Wildman–Crippen LogP) is 1.78. The number of hydrogen-bond donors (Lipinski definition) is 2. The molecule has 0 fully saturated rings. The van der Waals surface area contributed by atoms with E-state index < -0.39 is 9.84 Å². The molecule has 0 spiro atoms. The summed E-state index contributed by atoms with van der Waals surface area (Å²) in [5.74, 6) is 0.668. The summed E-state index contributed by atoms with van der Waals surface area (Å²) in [5, 5.41) is 5.84. The van der Waals surface area contributed by atoms with Gasteiger partial charge in [-0.05, 0) is 24.3 Å². The van der Waals surface area contributed by atoms with Crippen molar-refractivity contribution in [3.63, 3.8) is 0 Å². The molecule has 0 atom stereocenters. The molecule has 2 amide bonds. The number of sulfone groups is 1. The summed E-state index contributed by atoms with van der Waals surface area (Å²) in [5.41, 5.74) is 0. The normalized spacial score (nSPS) is 11.1. The van der Waals surface area contributed by atoms with Crippen molar-refractivity contribution in [1.29, 1.82) is 0 Å². The topological polar surface area (TPSA) is 75.3 Å². The second-order valence-electron chi connectivity index (χ2n) is 4.11. The lowest BCUT2D eigenvalue weighted by Gasteiger charge is -2.07. The Morgan fingerprint density at radius 2 is 1.80 bits per heavy atom. The van der Waals surface area contributed by atoms with E-state index in [0.717, 1.165) is 16.9 Å². The molecule has 0 aliphatic carbocycles. The van der Waals surface area contributed by atoms with Crippen molar-refractivity contribution in [2.75, 3.05) is 30.9 Å². The van der Waals surface area contributed by atoms with Crippen LogP contribution in [0.2, 0.25) is 5.02 Å². The number of nitrogens with one attached hydrogen (secondary N) is 2. The van der Waals surface area contributed by atoms with E-state index in [0.29, 0.717) is 11.6 Å². The van der Waals surface area contributed by atoms with Gasteiger partial charge >= 0.3 is 6.03 Å². The molecule has 0 saturated carbocycles. The molecule has 112 valence electrons. The van der Waals surface area contributed by atoms with Crippen molar-refractivity contribution in [3.8, 4) is 0 Å². The Morgan fingerprint density at radius 3 is 2.40 bits per heavy atom. The van der Waals surface area contributed by atoms with Gasteiger partial charge < -0.3 is 10.6 Å². The summed E-state index contributed by atoms with van der Waals surface area (Å²) < 4.78 is 21.7. The minimum Gasteiger partial charge on any atom is -0.337 e. The van der Waals surface area contributed by atoms with E-state index in [1.165, 1.54) is 0 Å². The number of thioether (sulfide) groups is 1. The molecule has 0 aliphatic heterocycles. The van der Waals surface area contributed by atoms with E-state index >= 15 is 0 Å². The predicted molar refractivity (Wildman–Crippen MR) is 83.3 cm³/mol. The molecule has 2 N–H and O–H groups in total. The van der Waals surface area contributed by atoms with Crippen LogP contribution in [-0.4, -0.2) is 45.3 Å². The second-order valence-corrected chi connectivity index (χ2v) is 7.98. The van der Waals surface area contributed by atoms with Crippen LogP contribution >= 0.6 is 23.4 Å². The minimum atomic E-state index is -3.04. The van der Waals surface area contributed by atoms with Gasteiger partial charge in [0.25, 0.3) is 0 Å². The van der Waals surface area contributed by atoms with E-state index in [2.05, 4.69) is 10.6 Å². The van der Waals surface area contributed by atoms with Gasteiger partial charge in [0.05, 0.1) is 5.75 Å². The van der Waals surface area contributed by atoms with Crippen LogP contribution in [0.25, 0.3) is 0 Å². The standard InChI is InChI=1S/C12H17ClN2O3S2/c1-20(17,18)9-7-15-12(16)14-6-8-19-11-4-2-10(13)3-5-11/h2-5H,6-9H2,1H3,(H2,14,15,16). The molecule has 0 unspecified atom stereocenters. The van der Waals surface area contributed by atoms with E-state index in [9.17, 15) is 13.2 Å². The van der Waals surface area contributed by atoms with Gasteiger partial charge in [-0.25, -0.2) is 13.2 Å². The molecule has 0 bridgehead atoms. The highest BCUT2D eigenvalue weighted by molar-refractivity contribution is 7.99. The summed E-state index contributed by atoms with van der Waals surface area (Å²) in [7, 11) is -3.04. The molecular formula is C12H17ClN2O3S2. The number of hydrogen-bond acceptors (Lipinski definition) is 4. The second kappa shape index (κ2) is 8.39. The molecule has 20 heavy (non-hydrogen) atoms. The molecule has 5 nitrogen and oxygen atoms in total. The third-order valence-electron chi connectivity index (χ3n) is 2.23. The molecule has 0 radical (unpaired) electrons. The van der Waals surface area contributed by atoms with Gasteiger partial charge in [0.1, 0.15) is 9.84 Å². The number of halogens is 1. The summed E-state index contributed by atoms with van der Waals surface area (Å²) in [6.45, 7) is 0.618. The molecule has 1 aromatic rings. The number of carbonyl (C=O) groups excluding carboxylic acids is 1. The lowest BCUT2D eigenvalue weighted by Crippen LogP contribution is -2.38. The first-order valence-electron chi connectivity index (χ1n) is 5.94. The van der Waals surface area contributed by atoms with Crippen LogP contribution in [0.5, 0.6) is 0 Å². The molecule has 8 heteroatoms. The highest BCUT2D eigenvalue weighted by Gasteiger charge is 2.04. The maximum absolute atomic E-state index is 11.3. The highest BCUT2D eigenvalue weighted by atomic mass is 35.5. The van der Waals surface area contributed by atoms with Crippen LogP contribution < -0.4 is 10.6 Å². The van der Waals surface area contributed by atoms with Crippen molar-refractivity contribution in [2.45, 2.75) is 4.90 Å². The maximum Gasteiger partial charge on any atom is 0.314 e. The summed E-state index contributed by atoms with van der Waals surface area (Å²) in [6.07, 6.45) is 1.13. The molecule has 0 aromatic heterocycles. The average molecular weight is 337 g/mol. The summed E-state index contributed by atoms with van der Waals surface area (Å²) >= 11 is 7.38. The van der Waals surface area contributed by atoms with Crippen molar-refractivity contribution < 1.29 is 13.2 Å².